The molecule has 0 fully saturated rings. The van der Waals surface area contributed by atoms with Crippen LogP contribution in [0.4, 0.5) is 10.1 Å². The minimum atomic E-state index is -0.188. The molecule has 2 nitrogen and oxygen atoms in total. The van der Waals surface area contributed by atoms with Crippen LogP contribution in [0.3, 0.4) is 0 Å². The second kappa shape index (κ2) is 2.95. The van der Waals surface area contributed by atoms with Gasteiger partial charge in [0.2, 0.25) is 0 Å². The van der Waals surface area contributed by atoms with Gasteiger partial charge in [-0.1, -0.05) is 26.0 Å². The van der Waals surface area contributed by atoms with Crippen LogP contribution in [0.1, 0.15) is 19.4 Å². The van der Waals surface area contributed by atoms with Gasteiger partial charge in [0.1, 0.15) is 5.82 Å². The van der Waals surface area contributed by atoms with Crippen molar-refractivity contribution in [2.45, 2.75) is 25.3 Å². The van der Waals surface area contributed by atoms with Crippen LogP contribution in [-0.2, 0) is 5.41 Å². The summed E-state index contributed by atoms with van der Waals surface area (Å²) < 4.78 is 13.4. The molecule has 0 bridgehead atoms. The highest BCUT2D eigenvalue weighted by Gasteiger charge is 2.39. The van der Waals surface area contributed by atoms with Crippen LogP contribution in [0.2, 0.25) is 0 Å². The molecule has 0 aliphatic carbocycles. The van der Waals surface area contributed by atoms with Crippen LogP contribution in [0.5, 0.6) is 0 Å². The fourth-order valence-electron chi connectivity index (χ4n) is 2.10. The number of nitrogens with two attached hydrogens (primary N) is 1. The molecule has 1 aliphatic heterocycles. The molecule has 1 aromatic carbocycles. The van der Waals surface area contributed by atoms with E-state index in [0.29, 0.717) is 12.2 Å². The van der Waals surface area contributed by atoms with Crippen molar-refractivity contribution in [2.24, 2.45) is 5.73 Å². The zero-order chi connectivity index (χ0) is 10.3. The Bertz CT molecular complexity index is 360. The molecule has 1 aromatic rings. The molecule has 0 spiro atoms. The molecule has 3 N–H and O–H groups in total. The van der Waals surface area contributed by atoms with Gasteiger partial charge < -0.3 is 11.1 Å². The summed E-state index contributed by atoms with van der Waals surface area (Å²) >= 11 is 0. The maximum atomic E-state index is 13.4. The van der Waals surface area contributed by atoms with Crippen LogP contribution in [-0.4, -0.2) is 12.6 Å². The Morgan fingerprint density at radius 2 is 2.21 bits per heavy atom. The number of rotatable bonds is 1. The van der Waals surface area contributed by atoms with E-state index in [4.69, 9.17) is 5.73 Å². The van der Waals surface area contributed by atoms with Crippen LogP contribution in [0.25, 0.3) is 0 Å². The Morgan fingerprint density at radius 1 is 1.50 bits per heavy atom. The van der Waals surface area contributed by atoms with Gasteiger partial charge in [-0.2, -0.15) is 0 Å². The number of benzene rings is 1. The lowest BCUT2D eigenvalue weighted by Crippen LogP contribution is -2.39. The molecule has 0 radical (unpaired) electrons. The zero-order valence-corrected chi connectivity index (χ0v) is 8.47. The van der Waals surface area contributed by atoms with Crippen molar-refractivity contribution < 1.29 is 4.39 Å². The minimum absolute atomic E-state index is 0.0911. The monoisotopic (exact) mass is 194 g/mol. The normalized spacial score (nSPS) is 23.0. The maximum absolute atomic E-state index is 13.4. The fourth-order valence-corrected chi connectivity index (χ4v) is 2.10. The van der Waals surface area contributed by atoms with Gasteiger partial charge in [0.15, 0.2) is 0 Å². The molecular formula is C11H15FN2. The Labute approximate surface area is 83.3 Å². The minimum Gasteiger partial charge on any atom is -0.378 e. The van der Waals surface area contributed by atoms with Gasteiger partial charge in [0.05, 0.1) is 5.69 Å². The van der Waals surface area contributed by atoms with Crippen LogP contribution in [0, 0.1) is 5.82 Å². The standard InChI is InChI=1S/C11H15FN2/c1-11(2)7-4-3-5-8(12)10(7)14-9(11)6-13/h3-5,9,14H,6,13H2,1-2H3/t9-/m0/s1. The van der Waals surface area contributed by atoms with E-state index in [-0.39, 0.29) is 17.3 Å². The van der Waals surface area contributed by atoms with Crippen molar-refractivity contribution in [1.82, 2.24) is 0 Å². The first-order valence-electron chi connectivity index (χ1n) is 4.83. The van der Waals surface area contributed by atoms with Crippen molar-refractivity contribution in [3.63, 3.8) is 0 Å². The second-order valence-corrected chi connectivity index (χ2v) is 4.32. The largest absolute Gasteiger partial charge is 0.378 e. The second-order valence-electron chi connectivity index (χ2n) is 4.32. The molecule has 2 rings (SSSR count). The Kier molecular flexibility index (Phi) is 2.00. The summed E-state index contributed by atoms with van der Waals surface area (Å²) in [5.41, 5.74) is 7.20. The molecule has 1 heterocycles. The Morgan fingerprint density at radius 3 is 2.79 bits per heavy atom. The van der Waals surface area contributed by atoms with E-state index in [1.54, 1.807) is 6.07 Å². The van der Waals surface area contributed by atoms with Gasteiger partial charge in [-0.3, -0.25) is 0 Å². The summed E-state index contributed by atoms with van der Waals surface area (Å²) in [6, 6.07) is 5.30. The highest BCUT2D eigenvalue weighted by atomic mass is 19.1. The van der Waals surface area contributed by atoms with E-state index in [2.05, 4.69) is 19.2 Å². The molecule has 1 atom stereocenters. The van der Waals surface area contributed by atoms with Gasteiger partial charge in [-0.15, -0.1) is 0 Å². The van der Waals surface area contributed by atoms with Crippen molar-refractivity contribution in [3.05, 3.63) is 29.6 Å². The molecule has 3 heteroatoms. The van der Waals surface area contributed by atoms with Crippen LogP contribution in [0.15, 0.2) is 18.2 Å². The molecule has 0 amide bonds. The lowest BCUT2D eigenvalue weighted by Gasteiger charge is -2.26. The fraction of sp³-hybridized carbons (Fsp3) is 0.455. The molecule has 0 aromatic heterocycles. The van der Waals surface area contributed by atoms with Crippen molar-refractivity contribution in [3.8, 4) is 0 Å². The molecule has 1 aliphatic rings. The molecule has 0 saturated heterocycles. The third-order valence-corrected chi connectivity index (χ3v) is 3.13. The SMILES string of the molecule is CC1(C)c2cccc(F)c2N[C@H]1CN. The average Bonchev–Trinajstić information content (AvgIpc) is 2.40. The number of hydrogen-bond donors (Lipinski definition) is 2. The molecular weight excluding hydrogens is 179 g/mol. The van der Waals surface area contributed by atoms with Crippen LogP contribution < -0.4 is 11.1 Å². The van der Waals surface area contributed by atoms with Gasteiger partial charge in [-0.25, -0.2) is 4.39 Å². The lowest BCUT2D eigenvalue weighted by atomic mass is 9.81. The Hall–Kier alpha value is -1.09. The van der Waals surface area contributed by atoms with Crippen molar-refractivity contribution >= 4 is 5.69 Å². The maximum Gasteiger partial charge on any atom is 0.146 e. The van der Waals surface area contributed by atoms with E-state index in [9.17, 15) is 4.39 Å². The predicted molar refractivity (Wildman–Crippen MR) is 55.9 cm³/mol. The first kappa shape index (κ1) is 9.46. The quantitative estimate of drug-likeness (QED) is 0.716. The lowest BCUT2D eigenvalue weighted by molar-refractivity contribution is 0.466. The third-order valence-electron chi connectivity index (χ3n) is 3.13. The average molecular weight is 194 g/mol. The van der Waals surface area contributed by atoms with E-state index >= 15 is 0 Å². The number of anilines is 1. The van der Waals surface area contributed by atoms with Gasteiger partial charge in [0, 0.05) is 18.0 Å². The summed E-state index contributed by atoms with van der Waals surface area (Å²) in [5.74, 6) is -0.188. The first-order chi connectivity index (χ1) is 6.57. The summed E-state index contributed by atoms with van der Waals surface area (Å²) in [7, 11) is 0. The highest BCUT2D eigenvalue weighted by Crippen LogP contribution is 2.41. The number of fused-ring (bicyclic) bond motifs is 1. The van der Waals surface area contributed by atoms with E-state index in [1.165, 1.54) is 6.07 Å². The van der Waals surface area contributed by atoms with Crippen molar-refractivity contribution in [2.75, 3.05) is 11.9 Å². The smallest absolute Gasteiger partial charge is 0.146 e. The first-order valence-corrected chi connectivity index (χ1v) is 4.83. The van der Waals surface area contributed by atoms with Gasteiger partial charge in [-0.05, 0) is 11.6 Å². The van der Waals surface area contributed by atoms with E-state index < -0.39 is 0 Å². The summed E-state index contributed by atoms with van der Waals surface area (Å²) in [6.07, 6.45) is 0. The number of para-hydroxylation sites is 1. The molecule has 14 heavy (non-hydrogen) atoms. The third kappa shape index (κ3) is 1.12. The molecule has 0 saturated carbocycles. The van der Waals surface area contributed by atoms with Gasteiger partial charge >= 0.3 is 0 Å². The number of hydrogen-bond acceptors (Lipinski definition) is 2. The van der Waals surface area contributed by atoms with E-state index in [1.807, 2.05) is 6.07 Å². The number of nitrogens with one attached hydrogen (secondary N) is 1. The zero-order valence-electron chi connectivity index (χ0n) is 8.47. The Balaban J connectivity index is 2.54. The predicted octanol–water partition coefficient (Wildman–Crippen LogP) is 1.86. The van der Waals surface area contributed by atoms with Gasteiger partial charge in [0.25, 0.3) is 0 Å². The van der Waals surface area contributed by atoms with Crippen molar-refractivity contribution in [1.29, 1.82) is 0 Å². The molecule has 76 valence electrons. The topological polar surface area (TPSA) is 38.0 Å². The summed E-state index contributed by atoms with van der Waals surface area (Å²) in [4.78, 5) is 0. The van der Waals surface area contributed by atoms with Crippen LogP contribution >= 0.6 is 0 Å². The number of halogens is 1. The summed E-state index contributed by atoms with van der Waals surface area (Å²) in [6.45, 7) is 4.69. The van der Waals surface area contributed by atoms with E-state index in [0.717, 1.165) is 5.56 Å². The highest BCUT2D eigenvalue weighted by molar-refractivity contribution is 5.62. The molecule has 0 unspecified atom stereocenters. The summed E-state index contributed by atoms with van der Waals surface area (Å²) in [5, 5.41) is 3.14.